The zero-order valence-electron chi connectivity index (χ0n) is 53.3. The number of hydrogen-bond acceptors (Lipinski definition) is 12. The molecule has 0 saturated carbocycles. The molecule has 6 aliphatic heterocycles. The molecule has 0 unspecified atom stereocenters. The van der Waals surface area contributed by atoms with Crippen molar-refractivity contribution in [2.45, 2.75) is 94.4 Å². The molecule has 9 aromatic carbocycles. The molecule has 6 heterocycles. The molecule has 3 saturated heterocycles. The highest BCUT2D eigenvalue weighted by atomic mass is 16.7. The number of fused-ring (bicyclic) bond motifs is 3. The van der Waals surface area contributed by atoms with Gasteiger partial charge in [0.1, 0.15) is 18.3 Å². The van der Waals surface area contributed by atoms with E-state index in [1.165, 1.54) is 69.3 Å². The number of hydrogen-bond donors (Lipinski definition) is 0. The lowest BCUT2D eigenvalue weighted by Gasteiger charge is -2.35. The molecule has 0 radical (unpaired) electrons. The van der Waals surface area contributed by atoms with Crippen molar-refractivity contribution in [1.82, 2.24) is 14.7 Å². The molecule has 0 aliphatic carbocycles. The van der Waals surface area contributed by atoms with E-state index in [1.54, 1.807) is 0 Å². The lowest BCUT2D eigenvalue weighted by molar-refractivity contribution is -0.0331. The Bertz CT molecular complexity index is 3200. The fourth-order valence-electron chi connectivity index (χ4n) is 13.5. The molecule has 3 fully saturated rings. The van der Waals surface area contributed by atoms with Crippen molar-refractivity contribution in [3.05, 3.63) is 287 Å². The Labute approximate surface area is 549 Å². The molecular weight excluding hydrogens is 1160 g/mol. The van der Waals surface area contributed by atoms with Crippen LogP contribution in [0.2, 0.25) is 0 Å². The molecule has 6 aliphatic rings. The largest absolute Gasteiger partial charge is 0.454 e. The van der Waals surface area contributed by atoms with Crippen LogP contribution in [0.3, 0.4) is 0 Å². The first-order valence-corrected chi connectivity index (χ1v) is 33.6. The molecule has 0 spiro atoms. The number of ether oxygens (including phenoxy) is 9. The van der Waals surface area contributed by atoms with Crippen LogP contribution in [0.4, 0.5) is 0 Å². The Balaban J connectivity index is 0.000000127. The van der Waals surface area contributed by atoms with Gasteiger partial charge in [0.25, 0.3) is 0 Å². The van der Waals surface area contributed by atoms with Gasteiger partial charge in [-0.25, -0.2) is 0 Å². The zero-order valence-corrected chi connectivity index (χ0v) is 53.3. The van der Waals surface area contributed by atoms with Gasteiger partial charge in [-0.15, -0.1) is 0 Å². The quantitative estimate of drug-likeness (QED) is 0.0686. The highest BCUT2D eigenvalue weighted by molar-refractivity contribution is 5.46. The molecule has 93 heavy (non-hydrogen) atoms. The van der Waals surface area contributed by atoms with Crippen molar-refractivity contribution in [2.24, 2.45) is 0 Å². The summed E-state index contributed by atoms with van der Waals surface area (Å²) in [4.78, 5) is 7.60. The van der Waals surface area contributed by atoms with E-state index >= 15 is 0 Å². The standard InChI is InChI=1S/3C27H29NO3/c3*1-3-8-22(9-4-1)27(23-10-5-2-6-11-23)31-24-12-7-16-28(19-24)17-15-21-13-14-25-26(18-21)30-20-29-25/h3*1-6,8-11,13-14,18,24,27H,7,12,15-17,19-20H2/t3*24-/m111/s1. The maximum absolute atomic E-state index is 6.73. The van der Waals surface area contributed by atoms with Gasteiger partial charge < -0.3 is 57.3 Å². The highest BCUT2D eigenvalue weighted by Gasteiger charge is 2.29. The molecule has 480 valence electrons. The summed E-state index contributed by atoms with van der Waals surface area (Å²) in [6, 6.07) is 82.2. The summed E-state index contributed by atoms with van der Waals surface area (Å²) in [5.41, 5.74) is 11.2. The maximum Gasteiger partial charge on any atom is 0.231 e. The van der Waals surface area contributed by atoms with E-state index < -0.39 is 0 Å². The van der Waals surface area contributed by atoms with Crippen LogP contribution < -0.4 is 28.4 Å². The minimum atomic E-state index is -0.0267. The van der Waals surface area contributed by atoms with Crippen molar-refractivity contribution in [2.75, 3.05) is 79.3 Å². The molecule has 12 heteroatoms. The van der Waals surface area contributed by atoms with Gasteiger partial charge in [-0.05, 0) is 164 Å². The molecular formula is C81H87N3O9. The highest BCUT2D eigenvalue weighted by Crippen LogP contribution is 2.37. The second-order valence-electron chi connectivity index (χ2n) is 25.0. The molecule has 15 rings (SSSR count). The van der Waals surface area contributed by atoms with Crippen molar-refractivity contribution in [3.8, 4) is 34.5 Å². The number of piperidine rings is 3. The summed E-state index contributed by atoms with van der Waals surface area (Å²) in [5, 5.41) is 0. The Kier molecular flexibility index (Phi) is 22.1. The molecule has 12 nitrogen and oxygen atoms in total. The molecule has 9 aromatic rings. The van der Waals surface area contributed by atoms with Crippen LogP contribution >= 0.6 is 0 Å². The van der Waals surface area contributed by atoms with E-state index in [0.717, 1.165) is 132 Å². The van der Waals surface area contributed by atoms with Crippen molar-refractivity contribution >= 4 is 0 Å². The fraction of sp³-hybridized carbons (Fsp3) is 0.333. The van der Waals surface area contributed by atoms with E-state index in [2.05, 4.69) is 233 Å². The van der Waals surface area contributed by atoms with Gasteiger partial charge in [-0.3, -0.25) is 0 Å². The van der Waals surface area contributed by atoms with Gasteiger partial charge in [0, 0.05) is 39.3 Å². The van der Waals surface area contributed by atoms with Crippen molar-refractivity contribution in [3.63, 3.8) is 0 Å². The molecule has 0 amide bonds. The average molecular weight is 1250 g/mol. The third-order valence-electron chi connectivity index (χ3n) is 18.4. The maximum atomic E-state index is 6.73. The van der Waals surface area contributed by atoms with Gasteiger partial charge in [0.15, 0.2) is 34.5 Å². The molecule has 0 aromatic heterocycles. The van der Waals surface area contributed by atoms with Gasteiger partial charge in [-0.2, -0.15) is 0 Å². The zero-order chi connectivity index (χ0) is 62.6. The van der Waals surface area contributed by atoms with Gasteiger partial charge in [-0.1, -0.05) is 200 Å². The van der Waals surface area contributed by atoms with E-state index in [1.807, 2.05) is 18.2 Å². The first-order valence-electron chi connectivity index (χ1n) is 33.6. The van der Waals surface area contributed by atoms with E-state index in [4.69, 9.17) is 42.6 Å². The van der Waals surface area contributed by atoms with Crippen LogP contribution in [0.5, 0.6) is 34.5 Å². The monoisotopic (exact) mass is 1250 g/mol. The molecule has 0 N–H and O–H groups in total. The summed E-state index contributed by atoms with van der Waals surface area (Å²) < 4.78 is 53.0. The Morgan fingerprint density at radius 2 is 0.527 bits per heavy atom. The normalized spacial score (nSPS) is 18.4. The van der Waals surface area contributed by atoms with E-state index in [0.29, 0.717) is 20.4 Å². The summed E-state index contributed by atoms with van der Waals surface area (Å²) in [6.07, 6.45) is 10.5. The van der Waals surface area contributed by atoms with E-state index in [9.17, 15) is 0 Å². The summed E-state index contributed by atoms with van der Waals surface area (Å²) in [7, 11) is 0. The number of nitrogens with zero attached hydrogens (tertiary/aromatic N) is 3. The summed E-state index contributed by atoms with van der Waals surface area (Å²) in [5.74, 6) is 5.15. The lowest BCUT2D eigenvalue weighted by atomic mass is 10.00. The van der Waals surface area contributed by atoms with Crippen molar-refractivity contribution < 1.29 is 42.6 Å². The van der Waals surface area contributed by atoms with Crippen molar-refractivity contribution in [1.29, 1.82) is 0 Å². The molecule has 3 atom stereocenters. The number of rotatable bonds is 21. The van der Waals surface area contributed by atoms with Gasteiger partial charge in [0.2, 0.25) is 20.4 Å². The fourth-order valence-corrected chi connectivity index (χ4v) is 13.5. The number of likely N-dealkylation sites (tertiary alicyclic amines) is 3. The van der Waals surface area contributed by atoms with Crippen LogP contribution in [-0.2, 0) is 33.5 Å². The third kappa shape index (κ3) is 17.6. The minimum absolute atomic E-state index is 0.0267. The van der Waals surface area contributed by atoms with Gasteiger partial charge in [0.05, 0.1) is 18.3 Å². The van der Waals surface area contributed by atoms with Crippen LogP contribution in [-0.4, -0.2) is 112 Å². The van der Waals surface area contributed by atoms with Crippen LogP contribution in [0.1, 0.15) is 107 Å². The third-order valence-corrected chi connectivity index (χ3v) is 18.4. The predicted octanol–water partition coefficient (Wildman–Crippen LogP) is 15.7. The Morgan fingerprint density at radius 1 is 0.290 bits per heavy atom. The summed E-state index contributed by atoms with van der Waals surface area (Å²) >= 11 is 0. The van der Waals surface area contributed by atoms with Crippen LogP contribution in [0.25, 0.3) is 0 Å². The average Bonchev–Trinajstić information content (AvgIpc) is 3.95. The minimum Gasteiger partial charge on any atom is -0.454 e. The number of benzene rings is 9. The van der Waals surface area contributed by atoms with Gasteiger partial charge >= 0.3 is 0 Å². The predicted molar refractivity (Wildman–Crippen MR) is 365 cm³/mol. The topological polar surface area (TPSA) is 92.8 Å². The second-order valence-corrected chi connectivity index (χ2v) is 25.0. The Hall–Kier alpha value is -8.46. The molecule has 0 bridgehead atoms. The first kappa shape index (κ1) is 63.3. The van der Waals surface area contributed by atoms with Crippen LogP contribution in [0, 0.1) is 0 Å². The van der Waals surface area contributed by atoms with Crippen LogP contribution in [0.15, 0.2) is 237 Å². The SMILES string of the molecule is c1ccc(C(O[C@@H]2CCCN(CCc3ccc4c(c3)OCO4)C2)c2ccccc2)cc1.c1ccc(C(O[C@@H]2CCCN(CCc3ccc4c(c3)OCO4)C2)c2ccccc2)cc1.c1ccc(C(O[C@@H]2CCCN(CCc3ccc4c(c3)OCO4)C2)c2ccccc2)cc1. The first-order chi connectivity index (χ1) is 46.0. The Morgan fingerprint density at radius 3 is 0.774 bits per heavy atom. The lowest BCUT2D eigenvalue weighted by Crippen LogP contribution is -2.41. The summed E-state index contributed by atoms with van der Waals surface area (Å²) in [6.45, 7) is 10.4. The van der Waals surface area contributed by atoms with E-state index in [-0.39, 0.29) is 36.6 Å². The smallest absolute Gasteiger partial charge is 0.231 e. The second kappa shape index (κ2) is 32.4.